The zero-order chi connectivity index (χ0) is 16.4. The molecule has 120 valence electrons. The van der Waals surface area contributed by atoms with Gasteiger partial charge in [-0.3, -0.25) is 4.79 Å². The zero-order valence-corrected chi connectivity index (χ0v) is 14.4. The van der Waals surface area contributed by atoms with Crippen molar-refractivity contribution in [3.63, 3.8) is 0 Å². The number of rotatable bonds is 5. The van der Waals surface area contributed by atoms with Crippen LogP contribution in [-0.4, -0.2) is 35.9 Å². The van der Waals surface area contributed by atoms with Gasteiger partial charge in [0.15, 0.2) is 0 Å². The van der Waals surface area contributed by atoms with E-state index in [-0.39, 0.29) is 5.91 Å². The van der Waals surface area contributed by atoms with Crippen LogP contribution < -0.4 is 5.32 Å². The second-order valence-electron chi connectivity index (χ2n) is 5.03. The van der Waals surface area contributed by atoms with Gasteiger partial charge in [-0.15, -0.1) is 11.3 Å². The highest BCUT2D eigenvalue weighted by atomic mass is 35.5. The van der Waals surface area contributed by atoms with Crippen molar-refractivity contribution in [1.82, 2.24) is 15.1 Å². The van der Waals surface area contributed by atoms with Crippen molar-refractivity contribution < 1.29 is 9.53 Å². The first-order valence-corrected chi connectivity index (χ1v) is 8.32. The Kier molecular flexibility index (Phi) is 4.66. The second-order valence-corrected chi connectivity index (χ2v) is 6.46. The van der Waals surface area contributed by atoms with E-state index in [0.29, 0.717) is 23.1 Å². The number of carbonyl (C=O) groups is 1. The smallest absolute Gasteiger partial charge is 0.261 e. The average molecular weight is 350 g/mol. The van der Waals surface area contributed by atoms with E-state index in [1.807, 2.05) is 37.3 Å². The lowest BCUT2D eigenvalue weighted by atomic mass is 10.3. The molecule has 5 nitrogen and oxygen atoms in total. The molecule has 3 aromatic rings. The molecule has 0 radical (unpaired) electrons. The lowest BCUT2D eigenvalue weighted by Gasteiger charge is -2.04. The molecule has 7 heteroatoms. The van der Waals surface area contributed by atoms with E-state index in [0.717, 1.165) is 21.6 Å². The van der Waals surface area contributed by atoms with Gasteiger partial charge in [0.2, 0.25) is 0 Å². The van der Waals surface area contributed by atoms with Crippen molar-refractivity contribution in [2.45, 2.75) is 6.92 Å². The molecule has 0 spiro atoms. The predicted molar refractivity (Wildman–Crippen MR) is 92.9 cm³/mol. The summed E-state index contributed by atoms with van der Waals surface area (Å²) in [5.74, 6) is -0.103. The van der Waals surface area contributed by atoms with E-state index in [9.17, 15) is 4.79 Å². The van der Waals surface area contributed by atoms with E-state index >= 15 is 0 Å². The maximum Gasteiger partial charge on any atom is 0.261 e. The quantitative estimate of drug-likeness (QED) is 0.718. The SMILES string of the molecule is COCCNC(=O)c1cc2c(C)nn(-c3ccccc3Cl)c2s1. The van der Waals surface area contributed by atoms with Gasteiger partial charge in [0, 0.05) is 19.0 Å². The summed E-state index contributed by atoms with van der Waals surface area (Å²) in [6, 6.07) is 9.40. The first-order chi connectivity index (χ1) is 11.1. The van der Waals surface area contributed by atoms with Gasteiger partial charge < -0.3 is 10.1 Å². The van der Waals surface area contributed by atoms with Crippen molar-refractivity contribution in [3.8, 4) is 5.69 Å². The third kappa shape index (κ3) is 3.10. The Morgan fingerprint density at radius 3 is 2.96 bits per heavy atom. The number of hydrogen-bond acceptors (Lipinski definition) is 4. The van der Waals surface area contributed by atoms with Crippen molar-refractivity contribution in [3.05, 3.63) is 45.9 Å². The van der Waals surface area contributed by atoms with Crippen LogP contribution in [0.4, 0.5) is 0 Å². The van der Waals surface area contributed by atoms with Crippen LogP contribution in [0.2, 0.25) is 5.02 Å². The normalized spacial score (nSPS) is 11.1. The van der Waals surface area contributed by atoms with Crippen LogP contribution in [0.15, 0.2) is 30.3 Å². The first kappa shape index (κ1) is 16.0. The Morgan fingerprint density at radius 1 is 1.43 bits per heavy atom. The molecule has 3 rings (SSSR count). The summed E-state index contributed by atoms with van der Waals surface area (Å²) in [6.45, 7) is 2.90. The maximum absolute atomic E-state index is 12.2. The molecule has 23 heavy (non-hydrogen) atoms. The Labute approximate surface area is 142 Å². The number of hydrogen-bond donors (Lipinski definition) is 1. The molecule has 1 aromatic carbocycles. The van der Waals surface area contributed by atoms with Gasteiger partial charge in [-0.1, -0.05) is 23.7 Å². The highest BCUT2D eigenvalue weighted by molar-refractivity contribution is 7.20. The Hall–Kier alpha value is -1.89. The minimum Gasteiger partial charge on any atom is -0.383 e. The first-order valence-electron chi connectivity index (χ1n) is 7.13. The predicted octanol–water partition coefficient (Wildman–Crippen LogP) is 3.43. The van der Waals surface area contributed by atoms with Crippen LogP contribution >= 0.6 is 22.9 Å². The monoisotopic (exact) mass is 349 g/mol. The minimum absolute atomic E-state index is 0.103. The standard InChI is InChI=1S/C16H16ClN3O2S/c1-10-11-9-14(15(21)18-7-8-22-2)23-16(11)20(19-10)13-6-4-3-5-12(13)17/h3-6,9H,7-8H2,1-2H3,(H,18,21). The fourth-order valence-electron chi connectivity index (χ4n) is 2.30. The molecule has 1 N–H and O–H groups in total. The van der Waals surface area contributed by atoms with Crippen LogP contribution in [0.5, 0.6) is 0 Å². The van der Waals surface area contributed by atoms with Gasteiger partial charge >= 0.3 is 0 Å². The summed E-state index contributed by atoms with van der Waals surface area (Å²) in [6.07, 6.45) is 0. The van der Waals surface area contributed by atoms with Gasteiger partial charge in [0.1, 0.15) is 4.83 Å². The molecule has 0 aliphatic rings. The van der Waals surface area contributed by atoms with Gasteiger partial charge in [-0.05, 0) is 25.1 Å². The lowest BCUT2D eigenvalue weighted by Crippen LogP contribution is -2.26. The van der Waals surface area contributed by atoms with Gasteiger partial charge in [-0.25, -0.2) is 4.68 Å². The highest BCUT2D eigenvalue weighted by Crippen LogP contribution is 2.32. The Balaban J connectivity index is 1.99. The maximum atomic E-state index is 12.2. The summed E-state index contributed by atoms with van der Waals surface area (Å²) in [7, 11) is 1.60. The number of carbonyl (C=O) groups excluding carboxylic acids is 1. The second kappa shape index (κ2) is 6.70. The van der Waals surface area contributed by atoms with E-state index in [2.05, 4.69) is 10.4 Å². The summed E-state index contributed by atoms with van der Waals surface area (Å²) < 4.78 is 6.74. The molecule has 0 unspecified atom stereocenters. The Bertz CT molecular complexity index is 856. The van der Waals surface area contributed by atoms with Crippen molar-refractivity contribution in [2.24, 2.45) is 0 Å². The van der Waals surface area contributed by atoms with E-state index in [1.54, 1.807) is 11.8 Å². The number of thiophene rings is 1. The van der Waals surface area contributed by atoms with Crippen molar-refractivity contribution >= 4 is 39.1 Å². The number of ether oxygens (including phenoxy) is 1. The molecule has 0 saturated carbocycles. The largest absolute Gasteiger partial charge is 0.383 e. The van der Waals surface area contributed by atoms with E-state index in [1.165, 1.54) is 11.3 Å². The summed E-state index contributed by atoms with van der Waals surface area (Å²) in [5, 5.41) is 8.97. The molecule has 0 aliphatic carbocycles. The number of nitrogens with zero attached hydrogens (tertiary/aromatic N) is 2. The zero-order valence-electron chi connectivity index (χ0n) is 12.8. The molecular weight excluding hydrogens is 334 g/mol. The number of amides is 1. The molecule has 1 amide bonds. The van der Waals surface area contributed by atoms with Gasteiger partial charge in [0.05, 0.1) is 27.9 Å². The number of aryl methyl sites for hydroxylation is 1. The molecular formula is C16H16ClN3O2S. The number of halogens is 1. The molecule has 0 bridgehead atoms. The van der Waals surface area contributed by atoms with Crippen LogP contribution in [-0.2, 0) is 4.74 Å². The number of methoxy groups -OCH3 is 1. The molecule has 0 aliphatic heterocycles. The topological polar surface area (TPSA) is 56.1 Å². The highest BCUT2D eigenvalue weighted by Gasteiger charge is 2.17. The number of para-hydroxylation sites is 1. The van der Waals surface area contributed by atoms with Gasteiger partial charge in [0.25, 0.3) is 5.91 Å². The molecule has 0 atom stereocenters. The number of benzene rings is 1. The Morgan fingerprint density at radius 2 is 2.22 bits per heavy atom. The third-order valence-electron chi connectivity index (χ3n) is 3.44. The van der Waals surface area contributed by atoms with E-state index in [4.69, 9.17) is 16.3 Å². The number of nitrogens with one attached hydrogen (secondary N) is 1. The lowest BCUT2D eigenvalue weighted by molar-refractivity contribution is 0.0941. The molecule has 0 fully saturated rings. The summed E-state index contributed by atoms with van der Waals surface area (Å²) in [4.78, 5) is 13.8. The molecule has 2 aromatic heterocycles. The third-order valence-corrected chi connectivity index (χ3v) is 4.87. The fraction of sp³-hybridized carbons (Fsp3) is 0.250. The average Bonchev–Trinajstić information content (AvgIpc) is 3.09. The summed E-state index contributed by atoms with van der Waals surface area (Å²) in [5.41, 5.74) is 1.67. The fourth-order valence-corrected chi connectivity index (χ4v) is 3.61. The van der Waals surface area contributed by atoms with Crippen LogP contribution in [0.25, 0.3) is 15.9 Å². The van der Waals surface area contributed by atoms with Crippen molar-refractivity contribution in [1.29, 1.82) is 0 Å². The van der Waals surface area contributed by atoms with E-state index < -0.39 is 0 Å². The number of fused-ring (bicyclic) bond motifs is 1. The van der Waals surface area contributed by atoms with Crippen LogP contribution in [0, 0.1) is 6.92 Å². The minimum atomic E-state index is -0.103. The molecule has 0 saturated heterocycles. The summed E-state index contributed by atoms with van der Waals surface area (Å²) >= 11 is 7.68. The van der Waals surface area contributed by atoms with Crippen LogP contribution in [0.1, 0.15) is 15.4 Å². The molecule has 2 heterocycles. The van der Waals surface area contributed by atoms with Gasteiger partial charge in [-0.2, -0.15) is 5.10 Å². The van der Waals surface area contributed by atoms with Crippen LogP contribution in [0.3, 0.4) is 0 Å². The number of aromatic nitrogens is 2. The van der Waals surface area contributed by atoms with Crippen molar-refractivity contribution in [2.75, 3.05) is 20.3 Å².